The van der Waals surface area contributed by atoms with E-state index in [9.17, 15) is 4.79 Å². The summed E-state index contributed by atoms with van der Waals surface area (Å²) in [6.45, 7) is 0.336. The fraction of sp³-hybridized carbons (Fsp3) is 0.111. The average molecular weight is 475 g/mol. The van der Waals surface area contributed by atoms with Gasteiger partial charge in [0.15, 0.2) is 11.5 Å². The lowest BCUT2D eigenvalue weighted by Crippen LogP contribution is -2.17. The molecule has 0 unspecified atom stereocenters. The number of methoxy groups -OCH3 is 2. The van der Waals surface area contributed by atoms with Crippen LogP contribution in [0.2, 0.25) is 5.02 Å². The van der Waals surface area contributed by atoms with Crippen LogP contribution in [-0.2, 0) is 6.61 Å². The molecule has 1 amide bonds. The van der Waals surface area contributed by atoms with Crippen LogP contribution >= 0.6 is 11.6 Å². The molecule has 0 aliphatic heterocycles. The maximum absolute atomic E-state index is 12.3. The van der Waals surface area contributed by atoms with Gasteiger partial charge in [0.2, 0.25) is 0 Å². The van der Waals surface area contributed by atoms with Crippen LogP contribution in [0.4, 0.5) is 0 Å². The van der Waals surface area contributed by atoms with Gasteiger partial charge in [0, 0.05) is 5.56 Å². The number of benzene rings is 4. The predicted molar refractivity (Wildman–Crippen MR) is 134 cm³/mol. The number of hydrogen-bond acceptors (Lipinski definition) is 5. The Hall–Kier alpha value is -4.03. The van der Waals surface area contributed by atoms with Crippen LogP contribution in [0.25, 0.3) is 10.8 Å². The Morgan fingerprint density at radius 2 is 1.74 bits per heavy atom. The third kappa shape index (κ3) is 5.30. The van der Waals surface area contributed by atoms with Crippen molar-refractivity contribution in [1.82, 2.24) is 5.43 Å². The third-order valence-corrected chi connectivity index (χ3v) is 5.52. The first kappa shape index (κ1) is 23.1. The fourth-order valence-corrected chi connectivity index (χ4v) is 3.77. The molecule has 0 atom stereocenters. The fourth-order valence-electron chi connectivity index (χ4n) is 3.50. The summed E-state index contributed by atoms with van der Waals surface area (Å²) in [6, 6.07) is 24.4. The lowest BCUT2D eigenvalue weighted by Gasteiger charge is -2.14. The summed E-state index contributed by atoms with van der Waals surface area (Å²) in [7, 11) is 3.11. The van der Waals surface area contributed by atoms with Gasteiger partial charge < -0.3 is 14.2 Å². The first-order chi connectivity index (χ1) is 16.6. The second-order valence-corrected chi connectivity index (χ2v) is 7.80. The Morgan fingerprint density at radius 3 is 2.50 bits per heavy atom. The molecule has 0 heterocycles. The number of ether oxygens (including phenoxy) is 3. The van der Waals surface area contributed by atoms with Crippen molar-refractivity contribution >= 4 is 34.5 Å². The topological polar surface area (TPSA) is 69.2 Å². The summed E-state index contributed by atoms with van der Waals surface area (Å²) < 4.78 is 16.6. The molecular weight excluding hydrogens is 452 g/mol. The zero-order valence-electron chi connectivity index (χ0n) is 18.7. The van der Waals surface area contributed by atoms with E-state index in [0.29, 0.717) is 40.0 Å². The molecule has 0 bridgehead atoms. The van der Waals surface area contributed by atoms with Crippen LogP contribution in [0, 0.1) is 0 Å². The lowest BCUT2D eigenvalue weighted by atomic mass is 10.1. The second-order valence-electron chi connectivity index (χ2n) is 7.39. The van der Waals surface area contributed by atoms with E-state index in [1.165, 1.54) is 6.21 Å². The number of fused-ring (bicyclic) bond motifs is 1. The molecule has 0 aliphatic rings. The Labute approximate surface area is 202 Å². The van der Waals surface area contributed by atoms with Crippen LogP contribution in [0.3, 0.4) is 0 Å². The molecule has 0 saturated heterocycles. The number of hydrazone groups is 1. The summed E-state index contributed by atoms with van der Waals surface area (Å²) in [5.41, 5.74) is 4.65. The smallest absolute Gasteiger partial charge is 0.271 e. The number of carbonyl (C=O) groups is 1. The Balaban J connectivity index is 1.46. The summed E-state index contributed by atoms with van der Waals surface area (Å²) in [6.07, 6.45) is 1.49. The maximum Gasteiger partial charge on any atom is 0.271 e. The van der Waals surface area contributed by atoms with Crippen molar-refractivity contribution in [2.45, 2.75) is 6.61 Å². The predicted octanol–water partition coefficient (Wildman–Crippen LogP) is 5.85. The zero-order valence-corrected chi connectivity index (χ0v) is 19.5. The number of amides is 1. The number of nitrogens with zero attached hydrogens (tertiary/aromatic N) is 1. The second kappa shape index (κ2) is 10.7. The first-order valence-corrected chi connectivity index (χ1v) is 10.9. The molecule has 0 saturated carbocycles. The van der Waals surface area contributed by atoms with Crippen molar-refractivity contribution in [3.63, 3.8) is 0 Å². The van der Waals surface area contributed by atoms with E-state index >= 15 is 0 Å². The summed E-state index contributed by atoms with van der Waals surface area (Å²) in [5.74, 6) is 1.24. The Kier molecular flexibility index (Phi) is 7.30. The van der Waals surface area contributed by atoms with Gasteiger partial charge in [-0.1, -0.05) is 54.1 Å². The van der Waals surface area contributed by atoms with E-state index in [2.05, 4.69) is 28.7 Å². The van der Waals surface area contributed by atoms with E-state index in [-0.39, 0.29) is 5.91 Å². The van der Waals surface area contributed by atoms with Crippen molar-refractivity contribution in [1.29, 1.82) is 0 Å². The van der Waals surface area contributed by atoms with Gasteiger partial charge in [-0.25, -0.2) is 5.43 Å². The SMILES string of the molecule is COc1ccc(C(=O)N/N=C\c2cc(Cl)c(OCc3cccc4ccccc34)c(OC)c2)cc1. The van der Waals surface area contributed by atoms with Gasteiger partial charge in [-0.05, 0) is 58.3 Å². The minimum Gasteiger partial charge on any atom is -0.497 e. The number of halogens is 1. The van der Waals surface area contributed by atoms with Gasteiger partial charge in [0.25, 0.3) is 5.91 Å². The highest BCUT2D eigenvalue weighted by Crippen LogP contribution is 2.37. The lowest BCUT2D eigenvalue weighted by molar-refractivity contribution is 0.0955. The van der Waals surface area contributed by atoms with Crippen LogP contribution in [0.1, 0.15) is 21.5 Å². The molecule has 0 aliphatic carbocycles. The Morgan fingerprint density at radius 1 is 0.971 bits per heavy atom. The van der Waals surface area contributed by atoms with E-state index in [4.69, 9.17) is 25.8 Å². The largest absolute Gasteiger partial charge is 0.497 e. The monoisotopic (exact) mass is 474 g/mol. The van der Waals surface area contributed by atoms with Crippen molar-refractivity contribution in [3.05, 3.63) is 101 Å². The van der Waals surface area contributed by atoms with Gasteiger partial charge in [0.1, 0.15) is 12.4 Å². The quantitative estimate of drug-likeness (QED) is 0.257. The molecule has 1 N–H and O–H groups in total. The van der Waals surface area contributed by atoms with Crippen LogP contribution in [0.15, 0.2) is 84.0 Å². The molecule has 7 heteroatoms. The number of nitrogens with one attached hydrogen (secondary N) is 1. The average Bonchev–Trinajstić information content (AvgIpc) is 2.87. The van der Waals surface area contributed by atoms with Gasteiger partial charge >= 0.3 is 0 Å². The first-order valence-electron chi connectivity index (χ1n) is 10.5. The minimum absolute atomic E-state index is 0.336. The minimum atomic E-state index is -0.341. The van der Waals surface area contributed by atoms with Gasteiger partial charge in [-0.15, -0.1) is 0 Å². The third-order valence-electron chi connectivity index (χ3n) is 5.24. The molecule has 0 fully saturated rings. The molecule has 4 aromatic rings. The van der Waals surface area contributed by atoms with Crippen LogP contribution < -0.4 is 19.6 Å². The highest BCUT2D eigenvalue weighted by atomic mass is 35.5. The van der Waals surface area contributed by atoms with E-state index < -0.39 is 0 Å². The molecule has 0 aromatic heterocycles. The van der Waals surface area contributed by atoms with E-state index in [0.717, 1.165) is 16.3 Å². The highest BCUT2D eigenvalue weighted by Gasteiger charge is 2.13. The molecule has 34 heavy (non-hydrogen) atoms. The van der Waals surface area contributed by atoms with Crippen molar-refractivity contribution in [3.8, 4) is 17.2 Å². The van der Waals surface area contributed by atoms with Crippen LogP contribution in [-0.4, -0.2) is 26.3 Å². The normalized spacial score (nSPS) is 10.9. The molecular formula is C27H23ClN2O4. The number of rotatable bonds is 8. The molecule has 4 aromatic carbocycles. The van der Waals surface area contributed by atoms with Gasteiger partial charge in [-0.2, -0.15) is 5.10 Å². The Bertz CT molecular complexity index is 1330. The standard InChI is InChI=1S/C27H23ClN2O4/c1-32-22-12-10-20(11-13-22)27(31)30-29-16-18-14-24(28)26(25(15-18)33-2)34-17-21-8-5-7-19-6-3-4-9-23(19)21/h3-16H,17H2,1-2H3,(H,30,31)/b29-16-. The molecule has 0 spiro atoms. The van der Waals surface area contributed by atoms with Gasteiger partial charge in [-0.3, -0.25) is 4.79 Å². The molecule has 4 rings (SSSR count). The van der Waals surface area contributed by atoms with Crippen molar-refractivity contribution in [2.75, 3.05) is 14.2 Å². The number of carbonyl (C=O) groups excluding carboxylic acids is 1. The van der Waals surface area contributed by atoms with E-state index in [1.807, 2.05) is 24.3 Å². The van der Waals surface area contributed by atoms with Crippen molar-refractivity contribution in [2.24, 2.45) is 5.10 Å². The molecule has 0 radical (unpaired) electrons. The summed E-state index contributed by atoms with van der Waals surface area (Å²) in [5, 5.41) is 6.67. The maximum atomic E-state index is 12.3. The van der Waals surface area contributed by atoms with Crippen LogP contribution in [0.5, 0.6) is 17.2 Å². The molecule has 6 nitrogen and oxygen atoms in total. The summed E-state index contributed by atoms with van der Waals surface area (Å²) >= 11 is 6.50. The van der Waals surface area contributed by atoms with Crippen molar-refractivity contribution < 1.29 is 19.0 Å². The van der Waals surface area contributed by atoms with E-state index in [1.54, 1.807) is 50.6 Å². The molecule has 172 valence electrons. The number of hydrogen-bond donors (Lipinski definition) is 1. The summed E-state index contributed by atoms with van der Waals surface area (Å²) in [4.78, 5) is 12.3. The zero-order chi connectivity index (χ0) is 23.9. The van der Waals surface area contributed by atoms with Gasteiger partial charge in [0.05, 0.1) is 25.5 Å². The highest BCUT2D eigenvalue weighted by molar-refractivity contribution is 6.32.